The van der Waals surface area contributed by atoms with Gasteiger partial charge in [-0.25, -0.2) is 0 Å². The second kappa shape index (κ2) is 5.38. The largest absolute Gasteiger partial charge is 0.316 e. The van der Waals surface area contributed by atoms with Crippen molar-refractivity contribution < 1.29 is 4.79 Å². The van der Waals surface area contributed by atoms with E-state index in [0.29, 0.717) is 17.6 Å². The number of nitrogens with one attached hydrogen (secondary N) is 1. The van der Waals surface area contributed by atoms with E-state index in [-0.39, 0.29) is 0 Å². The molecule has 1 saturated heterocycles. The lowest BCUT2D eigenvalue weighted by molar-refractivity contribution is -0.123. The standard InChI is InChI=1S/C11H21NO/c1-3-9(4-2)7-11(13)10-5-6-12-8-10/h9-10,12H,3-8H2,1-2H3. The van der Waals surface area contributed by atoms with Crippen molar-refractivity contribution in [3.8, 4) is 0 Å². The molecule has 0 radical (unpaired) electrons. The Morgan fingerprint density at radius 2 is 2.15 bits per heavy atom. The number of ketones is 1. The Hall–Kier alpha value is -0.370. The van der Waals surface area contributed by atoms with Crippen molar-refractivity contribution in [2.75, 3.05) is 13.1 Å². The lowest BCUT2D eigenvalue weighted by atomic mass is 9.91. The van der Waals surface area contributed by atoms with Gasteiger partial charge in [0.15, 0.2) is 0 Å². The average molecular weight is 183 g/mol. The molecule has 0 aromatic heterocycles. The highest BCUT2D eigenvalue weighted by Gasteiger charge is 2.23. The van der Waals surface area contributed by atoms with Crippen LogP contribution in [0.5, 0.6) is 0 Å². The fraction of sp³-hybridized carbons (Fsp3) is 0.909. The highest BCUT2D eigenvalue weighted by molar-refractivity contribution is 5.81. The van der Waals surface area contributed by atoms with Crippen LogP contribution in [0.1, 0.15) is 39.5 Å². The summed E-state index contributed by atoms with van der Waals surface area (Å²) in [5.74, 6) is 1.42. The molecule has 0 amide bonds. The van der Waals surface area contributed by atoms with Crippen LogP contribution in [0.3, 0.4) is 0 Å². The molecule has 76 valence electrons. The molecule has 1 atom stereocenters. The highest BCUT2D eigenvalue weighted by atomic mass is 16.1. The Bertz CT molecular complexity index is 157. The predicted molar refractivity (Wildman–Crippen MR) is 54.7 cm³/mol. The van der Waals surface area contributed by atoms with E-state index in [9.17, 15) is 4.79 Å². The maximum Gasteiger partial charge on any atom is 0.137 e. The molecular weight excluding hydrogens is 162 g/mol. The van der Waals surface area contributed by atoms with Crippen molar-refractivity contribution in [2.45, 2.75) is 39.5 Å². The van der Waals surface area contributed by atoms with Crippen LogP contribution in [0.25, 0.3) is 0 Å². The van der Waals surface area contributed by atoms with Crippen LogP contribution in [0, 0.1) is 11.8 Å². The minimum atomic E-state index is 0.320. The Balaban J connectivity index is 2.30. The van der Waals surface area contributed by atoms with Gasteiger partial charge in [-0.3, -0.25) is 4.79 Å². The van der Waals surface area contributed by atoms with Crippen LogP contribution in [-0.4, -0.2) is 18.9 Å². The van der Waals surface area contributed by atoms with E-state index in [1.54, 1.807) is 0 Å². The van der Waals surface area contributed by atoms with Gasteiger partial charge in [-0.1, -0.05) is 26.7 Å². The van der Waals surface area contributed by atoms with E-state index >= 15 is 0 Å². The molecule has 0 saturated carbocycles. The third kappa shape index (κ3) is 3.11. The zero-order chi connectivity index (χ0) is 9.68. The molecule has 0 aromatic rings. The monoisotopic (exact) mass is 183 g/mol. The first-order chi connectivity index (χ1) is 6.27. The number of carbonyl (C=O) groups excluding carboxylic acids is 1. The van der Waals surface area contributed by atoms with Crippen LogP contribution in [0.15, 0.2) is 0 Å². The van der Waals surface area contributed by atoms with E-state index in [0.717, 1.165) is 38.8 Å². The van der Waals surface area contributed by atoms with Gasteiger partial charge in [0.05, 0.1) is 0 Å². The lowest BCUT2D eigenvalue weighted by Crippen LogP contribution is -2.20. The second-order valence-corrected chi connectivity index (χ2v) is 4.04. The molecule has 2 nitrogen and oxygen atoms in total. The number of rotatable bonds is 5. The number of hydrogen-bond donors (Lipinski definition) is 1. The Labute approximate surface area is 81.1 Å². The van der Waals surface area contributed by atoms with Crippen LogP contribution >= 0.6 is 0 Å². The fourth-order valence-corrected chi connectivity index (χ4v) is 1.96. The van der Waals surface area contributed by atoms with Gasteiger partial charge < -0.3 is 5.32 Å². The Kier molecular flexibility index (Phi) is 4.43. The van der Waals surface area contributed by atoms with Crippen molar-refractivity contribution in [1.29, 1.82) is 0 Å². The average Bonchev–Trinajstić information content (AvgIpc) is 2.66. The summed E-state index contributed by atoms with van der Waals surface area (Å²) in [6.07, 6.45) is 4.14. The summed E-state index contributed by atoms with van der Waals surface area (Å²) in [5, 5.41) is 3.24. The maximum atomic E-state index is 11.7. The van der Waals surface area contributed by atoms with E-state index in [4.69, 9.17) is 0 Å². The smallest absolute Gasteiger partial charge is 0.137 e. The molecule has 13 heavy (non-hydrogen) atoms. The van der Waals surface area contributed by atoms with Crippen LogP contribution < -0.4 is 5.32 Å². The van der Waals surface area contributed by atoms with Crippen molar-refractivity contribution in [1.82, 2.24) is 5.32 Å². The molecule has 2 heteroatoms. The summed E-state index contributed by atoms with van der Waals surface area (Å²) in [5.41, 5.74) is 0. The van der Waals surface area contributed by atoms with Gasteiger partial charge in [0.1, 0.15) is 5.78 Å². The van der Waals surface area contributed by atoms with Gasteiger partial charge in [0.25, 0.3) is 0 Å². The molecule has 0 bridgehead atoms. The van der Waals surface area contributed by atoms with E-state index in [1.165, 1.54) is 0 Å². The van der Waals surface area contributed by atoms with Crippen molar-refractivity contribution in [2.24, 2.45) is 11.8 Å². The summed E-state index contributed by atoms with van der Waals surface area (Å²) in [7, 11) is 0. The van der Waals surface area contributed by atoms with Crippen molar-refractivity contribution in [3.05, 3.63) is 0 Å². The minimum absolute atomic E-state index is 0.320. The third-order valence-corrected chi connectivity index (χ3v) is 3.16. The first-order valence-electron chi connectivity index (χ1n) is 5.51. The van der Waals surface area contributed by atoms with E-state index < -0.39 is 0 Å². The normalized spacial score (nSPS) is 22.5. The summed E-state index contributed by atoms with van der Waals surface area (Å²) in [6, 6.07) is 0. The minimum Gasteiger partial charge on any atom is -0.316 e. The number of Topliss-reactive ketones (excluding diaryl/α,β-unsaturated/α-hetero) is 1. The zero-order valence-corrected chi connectivity index (χ0v) is 8.81. The summed E-state index contributed by atoms with van der Waals surface area (Å²) < 4.78 is 0. The summed E-state index contributed by atoms with van der Waals surface area (Å²) >= 11 is 0. The molecule has 0 aliphatic carbocycles. The summed E-state index contributed by atoms with van der Waals surface area (Å²) in [6.45, 7) is 6.29. The topological polar surface area (TPSA) is 29.1 Å². The molecule has 1 N–H and O–H groups in total. The van der Waals surface area contributed by atoms with E-state index in [2.05, 4.69) is 19.2 Å². The predicted octanol–water partition coefficient (Wildman–Crippen LogP) is 1.99. The third-order valence-electron chi connectivity index (χ3n) is 3.16. The molecule has 1 heterocycles. The maximum absolute atomic E-state index is 11.7. The van der Waals surface area contributed by atoms with Crippen LogP contribution in [0.4, 0.5) is 0 Å². The molecule has 1 rings (SSSR count). The molecule has 1 aliphatic heterocycles. The van der Waals surface area contributed by atoms with Gasteiger partial charge in [-0.2, -0.15) is 0 Å². The zero-order valence-electron chi connectivity index (χ0n) is 8.81. The SMILES string of the molecule is CCC(CC)CC(=O)C1CCNC1. The fourth-order valence-electron chi connectivity index (χ4n) is 1.96. The van der Waals surface area contributed by atoms with Gasteiger partial charge in [-0.15, -0.1) is 0 Å². The molecule has 0 spiro atoms. The number of carbonyl (C=O) groups is 1. The molecule has 1 fully saturated rings. The quantitative estimate of drug-likeness (QED) is 0.706. The van der Waals surface area contributed by atoms with Crippen LogP contribution in [0.2, 0.25) is 0 Å². The van der Waals surface area contributed by atoms with Gasteiger partial charge in [0.2, 0.25) is 0 Å². The second-order valence-electron chi connectivity index (χ2n) is 4.04. The Morgan fingerprint density at radius 1 is 1.46 bits per heavy atom. The van der Waals surface area contributed by atoms with Gasteiger partial charge >= 0.3 is 0 Å². The first kappa shape index (κ1) is 10.7. The highest BCUT2D eigenvalue weighted by Crippen LogP contribution is 2.18. The molecule has 1 aliphatic rings. The van der Waals surface area contributed by atoms with Crippen LogP contribution in [-0.2, 0) is 4.79 Å². The van der Waals surface area contributed by atoms with E-state index in [1.807, 2.05) is 0 Å². The molecule has 1 unspecified atom stereocenters. The molecular formula is C11H21NO. The van der Waals surface area contributed by atoms with Gasteiger partial charge in [-0.05, 0) is 18.9 Å². The molecule has 0 aromatic carbocycles. The first-order valence-corrected chi connectivity index (χ1v) is 5.51. The van der Waals surface area contributed by atoms with Crippen molar-refractivity contribution >= 4 is 5.78 Å². The summed E-state index contributed by atoms with van der Waals surface area (Å²) in [4.78, 5) is 11.7. The van der Waals surface area contributed by atoms with Crippen molar-refractivity contribution in [3.63, 3.8) is 0 Å². The lowest BCUT2D eigenvalue weighted by Gasteiger charge is -2.13. The number of hydrogen-bond acceptors (Lipinski definition) is 2. The van der Waals surface area contributed by atoms with Gasteiger partial charge in [0, 0.05) is 18.9 Å². The Morgan fingerprint density at radius 3 is 2.62 bits per heavy atom.